The maximum Gasteiger partial charge on any atom is 0.322 e. The van der Waals surface area contributed by atoms with Gasteiger partial charge >= 0.3 is 6.01 Å². The molecule has 8 heteroatoms. The summed E-state index contributed by atoms with van der Waals surface area (Å²) in [6, 6.07) is 6.97. The number of nitriles is 1. The predicted molar refractivity (Wildman–Crippen MR) is 80.1 cm³/mol. The van der Waals surface area contributed by atoms with Gasteiger partial charge in [-0.25, -0.2) is 0 Å². The Balaban J connectivity index is 2.33. The molecular formula is C13H11Cl2N5O. The summed E-state index contributed by atoms with van der Waals surface area (Å²) in [6.45, 7) is 3.69. The van der Waals surface area contributed by atoms with Crippen LogP contribution in [0.4, 0.5) is 11.6 Å². The maximum absolute atomic E-state index is 9.08. The van der Waals surface area contributed by atoms with Crippen LogP contribution in [-0.4, -0.2) is 21.1 Å². The van der Waals surface area contributed by atoms with Gasteiger partial charge in [-0.05, 0) is 43.6 Å². The van der Waals surface area contributed by atoms with Crippen molar-refractivity contribution < 1.29 is 4.74 Å². The summed E-state index contributed by atoms with van der Waals surface area (Å²) in [5.41, 5.74) is 0.880. The third kappa shape index (κ3) is 4.18. The van der Waals surface area contributed by atoms with E-state index in [0.717, 1.165) is 0 Å². The summed E-state index contributed by atoms with van der Waals surface area (Å²) >= 11 is 11.7. The first-order chi connectivity index (χ1) is 9.97. The first kappa shape index (κ1) is 15.3. The van der Waals surface area contributed by atoms with E-state index in [4.69, 9.17) is 33.2 Å². The van der Waals surface area contributed by atoms with Gasteiger partial charge in [-0.1, -0.05) is 11.6 Å². The van der Waals surface area contributed by atoms with Crippen LogP contribution in [0.15, 0.2) is 18.2 Å². The van der Waals surface area contributed by atoms with Crippen molar-refractivity contribution in [2.45, 2.75) is 20.0 Å². The topological polar surface area (TPSA) is 83.7 Å². The second kappa shape index (κ2) is 6.57. The molecule has 0 aliphatic carbocycles. The van der Waals surface area contributed by atoms with Gasteiger partial charge in [0.05, 0.1) is 17.4 Å². The normalized spacial score (nSPS) is 10.3. The predicted octanol–water partition coefficient (Wildman–Crippen LogP) is 3.58. The van der Waals surface area contributed by atoms with Gasteiger partial charge in [-0.15, -0.1) is 0 Å². The van der Waals surface area contributed by atoms with Gasteiger partial charge in [0.15, 0.2) is 0 Å². The minimum Gasteiger partial charge on any atom is -0.461 e. The Hall–Kier alpha value is -2.10. The van der Waals surface area contributed by atoms with Crippen LogP contribution < -0.4 is 10.1 Å². The number of nitrogens with one attached hydrogen (secondary N) is 1. The van der Waals surface area contributed by atoms with E-state index in [9.17, 15) is 0 Å². The molecule has 21 heavy (non-hydrogen) atoms. The zero-order chi connectivity index (χ0) is 15.4. The second-order valence-electron chi connectivity index (χ2n) is 4.30. The quantitative estimate of drug-likeness (QED) is 0.925. The number of nitrogens with zero attached hydrogens (tertiary/aromatic N) is 4. The molecule has 0 spiro atoms. The zero-order valence-corrected chi connectivity index (χ0v) is 12.8. The van der Waals surface area contributed by atoms with E-state index >= 15 is 0 Å². The summed E-state index contributed by atoms with van der Waals surface area (Å²) < 4.78 is 5.38. The second-order valence-corrected chi connectivity index (χ2v) is 5.08. The minimum atomic E-state index is -0.0999. The SMILES string of the molecule is CC(C)Oc1nc(Cl)nc(Nc2cc(Cl)ccc2C#N)n1. The molecule has 6 nitrogen and oxygen atoms in total. The maximum atomic E-state index is 9.08. The third-order valence-electron chi connectivity index (χ3n) is 2.28. The van der Waals surface area contributed by atoms with E-state index in [1.54, 1.807) is 18.2 Å². The fourth-order valence-electron chi connectivity index (χ4n) is 1.49. The Kier molecular flexibility index (Phi) is 4.78. The van der Waals surface area contributed by atoms with Crippen LogP contribution in [0.2, 0.25) is 10.3 Å². The van der Waals surface area contributed by atoms with E-state index < -0.39 is 0 Å². The van der Waals surface area contributed by atoms with E-state index in [1.807, 2.05) is 19.9 Å². The van der Waals surface area contributed by atoms with Crippen molar-refractivity contribution in [3.8, 4) is 12.1 Å². The molecule has 0 atom stereocenters. The summed E-state index contributed by atoms with van der Waals surface area (Å²) in [5.74, 6) is 0.171. The summed E-state index contributed by atoms with van der Waals surface area (Å²) in [4.78, 5) is 11.9. The molecule has 108 valence electrons. The van der Waals surface area contributed by atoms with Crippen LogP contribution in [0.1, 0.15) is 19.4 Å². The van der Waals surface area contributed by atoms with Crippen molar-refractivity contribution in [3.05, 3.63) is 34.1 Å². The highest BCUT2D eigenvalue weighted by Gasteiger charge is 2.10. The number of anilines is 2. The standard InChI is InChI=1S/C13H11Cl2N5O/c1-7(2)21-13-19-11(15)18-12(20-13)17-10-5-9(14)4-3-8(10)6-16/h3-5,7H,1-2H3,(H,17,18,19,20). The molecule has 0 saturated heterocycles. The molecule has 1 heterocycles. The lowest BCUT2D eigenvalue weighted by Gasteiger charge is -2.10. The number of hydrogen-bond donors (Lipinski definition) is 1. The molecule has 1 aromatic heterocycles. The number of benzene rings is 1. The molecule has 0 bridgehead atoms. The Morgan fingerprint density at radius 3 is 2.67 bits per heavy atom. The van der Waals surface area contributed by atoms with Crippen LogP contribution in [0.3, 0.4) is 0 Å². The van der Waals surface area contributed by atoms with Crippen molar-refractivity contribution in [1.29, 1.82) is 5.26 Å². The molecule has 1 N–H and O–H groups in total. The lowest BCUT2D eigenvalue weighted by atomic mass is 10.2. The highest BCUT2D eigenvalue weighted by Crippen LogP contribution is 2.24. The zero-order valence-electron chi connectivity index (χ0n) is 11.3. The van der Waals surface area contributed by atoms with Crippen molar-refractivity contribution in [2.75, 3.05) is 5.32 Å². The molecule has 2 rings (SSSR count). The molecule has 0 radical (unpaired) electrons. The molecule has 0 saturated carbocycles. The van der Waals surface area contributed by atoms with Gasteiger partial charge in [0.2, 0.25) is 11.2 Å². The van der Waals surface area contributed by atoms with Crippen LogP contribution >= 0.6 is 23.2 Å². The van der Waals surface area contributed by atoms with Crippen LogP contribution in [-0.2, 0) is 0 Å². The van der Waals surface area contributed by atoms with Crippen LogP contribution in [0, 0.1) is 11.3 Å². The molecular weight excluding hydrogens is 313 g/mol. The molecule has 1 aromatic carbocycles. The third-order valence-corrected chi connectivity index (χ3v) is 2.68. The van der Waals surface area contributed by atoms with Gasteiger partial charge in [-0.2, -0.15) is 20.2 Å². The highest BCUT2D eigenvalue weighted by atomic mass is 35.5. The molecule has 0 aliphatic heterocycles. The Bertz CT molecular complexity index is 699. The van der Waals surface area contributed by atoms with Gasteiger partial charge in [-0.3, -0.25) is 0 Å². The average Bonchev–Trinajstić information content (AvgIpc) is 2.37. The number of ether oxygens (including phenoxy) is 1. The summed E-state index contributed by atoms with van der Waals surface area (Å²) in [5, 5.41) is 12.4. The van der Waals surface area contributed by atoms with Crippen LogP contribution in [0.25, 0.3) is 0 Å². The van der Waals surface area contributed by atoms with Crippen molar-refractivity contribution in [1.82, 2.24) is 15.0 Å². The number of halogens is 2. The number of aromatic nitrogens is 3. The Morgan fingerprint density at radius 2 is 2.00 bits per heavy atom. The van der Waals surface area contributed by atoms with E-state index in [1.165, 1.54) is 0 Å². The van der Waals surface area contributed by atoms with Gasteiger partial charge in [0, 0.05) is 5.02 Å². The van der Waals surface area contributed by atoms with E-state index in [2.05, 4.69) is 20.3 Å². The molecule has 2 aromatic rings. The number of rotatable bonds is 4. The average molecular weight is 324 g/mol. The smallest absolute Gasteiger partial charge is 0.322 e. The Morgan fingerprint density at radius 1 is 1.24 bits per heavy atom. The monoisotopic (exact) mass is 323 g/mol. The molecule has 0 aliphatic rings. The fraction of sp³-hybridized carbons (Fsp3) is 0.231. The molecule has 0 unspecified atom stereocenters. The molecule has 0 amide bonds. The minimum absolute atomic E-state index is 0.0105. The lowest BCUT2D eigenvalue weighted by molar-refractivity contribution is 0.222. The number of hydrogen-bond acceptors (Lipinski definition) is 6. The van der Waals surface area contributed by atoms with Crippen molar-refractivity contribution in [3.63, 3.8) is 0 Å². The fourth-order valence-corrected chi connectivity index (χ4v) is 1.81. The Labute approximate surface area is 131 Å². The van der Waals surface area contributed by atoms with Crippen molar-refractivity contribution in [2.24, 2.45) is 0 Å². The van der Waals surface area contributed by atoms with E-state index in [0.29, 0.717) is 16.3 Å². The highest BCUT2D eigenvalue weighted by molar-refractivity contribution is 6.31. The van der Waals surface area contributed by atoms with Gasteiger partial charge < -0.3 is 10.1 Å². The largest absolute Gasteiger partial charge is 0.461 e. The van der Waals surface area contributed by atoms with Gasteiger partial charge in [0.1, 0.15) is 6.07 Å². The summed E-state index contributed by atoms with van der Waals surface area (Å²) in [7, 11) is 0. The lowest BCUT2D eigenvalue weighted by Crippen LogP contribution is -2.10. The first-order valence-corrected chi connectivity index (χ1v) is 6.78. The first-order valence-electron chi connectivity index (χ1n) is 6.03. The van der Waals surface area contributed by atoms with E-state index in [-0.39, 0.29) is 23.3 Å². The molecule has 0 fully saturated rings. The van der Waals surface area contributed by atoms with Crippen LogP contribution in [0.5, 0.6) is 6.01 Å². The summed E-state index contributed by atoms with van der Waals surface area (Å²) in [6.07, 6.45) is -0.0999. The van der Waals surface area contributed by atoms with Crippen molar-refractivity contribution >= 4 is 34.8 Å². The van der Waals surface area contributed by atoms with Gasteiger partial charge in [0.25, 0.3) is 0 Å².